The second-order valence-electron chi connectivity index (χ2n) is 6.41. The van der Waals surface area contributed by atoms with Gasteiger partial charge in [0, 0.05) is 14.1 Å². The van der Waals surface area contributed by atoms with Crippen molar-refractivity contribution < 1.29 is 17.9 Å². The first kappa shape index (κ1) is 22.1. The number of nitrogens with zero attached hydrogens (tertiary/aromatic N) is 1. The number of hydrogen-bond donors (Lipinski definition) is 1. The highest BCUT2D eigenvalue weighted by Crippen LogP contribution is 2.34. The zero-order valence-corrected chi connectivity index (χ0v) is 18.4. The molecule has 1 N–H and O–H groups in total. The molecular formula is C21H18Cl2N2O4S. The third-order valence-electron chi connectivity index (χ3n) is 4.15. The molecule has 0 aliphatic rings. The van der Waals surface area contributed by atoms with E-state index in [4.69, 9.17) is 27.9 Å². The molecular weight excluding hydrogens is 447 g/mol. The third-order valence-corrected chi connectivity index (χ3v) is 6.61. The Labute approximate surface area is 185 Å². The number of sulfonamides is 1. The number of anilines is 1. The van der Waals surface area contributed by atoms with Crippen LogP contribution in [0.4, 0.5) is 5.69 Å². The van der Waals surface area contributed by atoms with Crippen LogP contribution in [0.5, 0.6) is 11.5 Å². The largest absolute Gasteiger partial charge is 0.454 e. The van der Waals surface area contributed by atoms with Crippen LogP contribution >= 0.6 is 23.2 Å². The molecule has 3 aromatic carbocycles. The number of nitrogens with one attached hydrogen (secondary N) is 1. The van der Waals surface area contributed by atoms with Gasteiger partial charge in [-0.2, -0.15) is 0 Å². The molecule has 0 unspecified atom stereocenters. The summed E-state index contributed by atoms with van der Waals surface area (Å²) in [5, 5.41) is 3.26. The van der Waals surface area contributed by atoms with E-state index in [1.54, 1.807) is 48.5 Å². The summed E-state index contributed by atoms with van der Waals surface area (Å²) in [4.78, 5) is 12.8. The molecule has 6 nitrogen and oxygen atoms in total. The Hall–Kier alpha value is -2.58. The Bertz CT molecular complexity index is 1200. The molecule has 0 atom stereocenters. The van der Waals surface area contributed by atoms with Crippen LogP contribution in [0.3, 0.4) is 0 Å². The average molecular weight is 465 g/mol. The predicted molar refractivity (Wildman–Crippen MR) is 118 cm³/mol. The topological polar surface area (TPSA) is 75.7 Å². The van der Waals surface area contributed by atoms with Crippen LogP contribution in [0.25, 0.3) is 0 Å². The molecule has 0 heterocycles. The summed E-state index contributed by atoms with van der Waals surface area (Å²) < 4.78 is 31.7. The Kier molecular flexibility index (Phi) is 6.67. The van der Waals surface area contributed by atoms with Gasteiger partial charge in [-0.05, 0) is 42.5 Å². The van der Waals surface area contributed by atoms with Crippen molar-refractivity contribution in [2.45, 2.75) is 4.90 Å². The minimum atomic E-state index is -3.72. The van der Waals surface area contributed by atoms with Crippen molar-refractivity contribution in [2.75, 3.05) is 19.4 Å². The van der Waals surface area contributed by atoms with E-state index in [1.807, 2.05) is 0 Å². The Morgan fingerprint density at radius 2 is 1.53 bits per heavy atom. The Balaban J connectivity index is 1.92. The third kappa shape index (κ3) is 4.76. The van der Waals surface area contributed by atoms with Gasteiger partial charge in [0.25, 0.3) is 5.91 Å². The summed E-state index contributed by atoms with van der Waals surface area (Å²) in [6.45, 7) is 0. The lowest BCUT2D eigenvalue weighted by Gasteiger charge is -2.15. The van der Waals surface area contributed by atoms with Crippen LogP contribution in [0, 0.1) is 0 Å². The average Bonchev–Trinajstić information content (AvgIpc) is 2.71. The van der Waals surface area contributed by atoms with Crippen molar-refractivity contribution >= 4 is 44.8 Å². The zero-order chi connectivity index (χ0) is 21.9. The minimum absolute atomic E-state index is 0.0205. The Morgan fingerprint density at radius 3 is 2.20 bits per heavy atom. The van der Waals surface area contributed by atoms with Gasteiger partial charge in [0.05, 0.1) is 26.2 Å². The lowest BCUT2D eigenvalue weighted by atomic mass is 10.2. The van der Waals surface area contributed by atoms with Crippen molar-refractivity contribution in [3.8, 4) is 11.5 Å². The highest BCUT2D eigenvalue weighted by Gasteiger charge is 2.21. The molecule has 3 aromatic rings. The molecule has 0 aliphatic carbocycles. The number of benzene rings is 3. The molecule has 3 rings (SSSR count). The highest BCUT2D eigenvalue weighted by atomic mass is 35.5. The van der Waals surface area contributed by atoms with E-state index >= 15 is 0 Å². The maximum Gasteiger partial charge on any atom is 0.257 e. The second-order valence-corrected chi connectivity index (χ2v) is 9.38. The summed E-state index contributed by atoms with van der Waals surface area (Å²) in [5.74, 6) is 0.219. The smallest absolute Gasteiger partial charge is 0.257 e. The van der Waals surface area contributed by atoms with Gasteiger partial charge in [0.1, 0.15) is 5.75 Å². The van der Waals surface area contributed by atoms with Gasteiger partial charge in [-0.1, -0.05) is 47.5 Å². The highest BCUT2D eigenvalue weighted by molar-refractivity contribution is 7.89. The fourth-order valence-electron chi connectivity index (χ4n) is 2.54. The van der Waals surface area contributed by atoms with E-state index in [0.29, 0.717) is 22.2 Å². The summed E-state index contributed by atoms with van der Waals surface area (Å²) in [7, 11) is -0.903. The van der Waals surface area contributed by atoms with E-state index in [-0.39, 0.29) is 15.5 Å². The summed E-state index contributed by atoms with van der Waals surface area (Å²) in [6, 6.07) is 17.7. The number of carbonyl (C=O) groups is 1. The molecule has 156 valence electrons. The van der Waals surface area contributed by atoms with Crippen LogP contribution in [-0.4, -0.2) is 32.7 Å². The summed E-state index contributed by atoms with van der Waals surface area (Å²) in [5.41, 5.74) is 0.395. The molecule has 0 fully saturated rings. The monoisotopic (exact) mass is 464 g/mol. The van der Waals surface area contributed by atoms with E-state index in [2.05, 4.69) is 5.32 Å². The number of halogens is 2. The molecule has 0 aromatic heterocycles. The van der Waals surface area contributed by atoms with Gasteiger partial charge in [-0.3, -0.25) is 4.79 Å². The van der Waals surface area contributed by atoms with E-state index < -0.39 is 15.9 Å². The molecule has 1 amide bonds. The molecule has 0 saturated heterocycles. The van der Waals surface area contributed by atoms with Gasteiger partial charge in [-0.25, -0.2) is 12.7 Å². The number of para-hydroxylation sites is 3. The fourth-order valence-corrected chi connectivity index (χ4v) is 3.85. The lowest BCUT2D eigenvalue weighted by molar-refractivity contribution is 0.102. The summed E-state index contributed by atoms with van der Waals surface area (Å²) >= 11 is 12.3. The van der Waals surface area contributed by atoms with E-state index in [0.717, 1.165) is 4.31 Å². The van der Waals surface area contributed by atoms with E-state index in [9.17, 15) is 13.2 Å². The maximum absolute atomic E-state index is 12.9. The second kappa shape index (κ2) is 9.06. The fraction of sp³-hybridized carbons (Fsp3) is 0.0952. The standard InChI is InChI=1S/C21H18Cl2N2O4S/c1-25(2)30(27,28)14-11-12-16(22)15(13-14)21(26)24-18-8-4-6-10-20(18)29-19-9-5-3-7-17(19)23/h3-13H,1-2H3,(H,24,26). The van der Waals surface area contributed by atoms with Crippen LogP contribution in [0.15, 0.2) is 71.6 Å². The molecule has 0 aliphatic heterocycles. The van der Waals surface area contributed by atoms with Gasteiger partial charge in [0.2, 0.25) is 10.0 Å². The van der Waals surface area contributed by atoms with Crippen molar-refractivity contribution in [3.63, 3.8) is 0 Å². The first-order chi connectivity index (χ1) is 14.2. The van der Waals surface area contributed by atoms with Gasteiger partial charge in [0.15, 0.2) is 5.75 Å². The maximum atomic E-state index is 12.9. The van der Waals surface area contributed by atoms with Crippen LogP contribution in [0.1, 0.15) is 10.4 Å². The van der Waals surface area contributed by atoms with Crippen molar-refractivity contribution in [1.82, 2.24) is 4.31 Å². The first-order valence-corrected chi connectivity index (χ1v) is 10.9. The summed E-state index contributed by atoms with van der Waals surface area (Å²) in [6.07, 6.45) is 0. The van der Waals surface area contributed by atoms with Crippen LogP contribution in [0.2, 0.25) is 10.0 Å². The SMILES string of the molecule is CN(C)S(=O)(=O)c1ccc(Cl)c(C(=O)Nc2ccccc2Oc2ccccc2Cl)c1. The number of ether oxygens (including phenoxy) is 1. The quantitative estimate of drug-likeness (QED) is 0.537. The number of amides is 1. The van der Waals surface area contributed by atoms with Crippen molar-refractivity contribution in [1.29, 1.82) is 0 Å². The molecule has 30 heavy (non-hydrogen) atoms. The first-order valence-electron chi connectivity index (χ1n) is 8.75. The van der Waals surface area contributed by atoms with Gasteiger partial charge >= 0.3 is 0 Å². The normalized spacial score (nSPS) is 11.4. The molecule has 0 bridgehead atoms. The molecule has 0 spiro atoms. The number of rotatable bonds is 6. The zero-order valence-electron chi connectivity index (χ0n) is 16.1. The molecule has 0 saturated carbocycles. The van der Waals surface area contributed by atoms with E-state index in [1.165, 1.54) is 32.3 Å². The van der Waals surface area contributed by atoms with Crippen molar-refractivity contribution in [2.24, 2.45) is 0 Å². The molecule has 9 heteroatoms. The number of hydrogen-bond acceptors (Lipinski definition) is 4. The van der Waals surface area contributed by atoms with Gasteiger partial charge in [-0.15, -0.1) is 0 Å². The van der Waals surface area contributed by atoms with Gasteiger partial charge < -0.3 is 10.1 Å². The minimum Gasteiger partial charge on any atom is -0.454 e. The van der Waals surface area contributed by atoms with Crippen molar-refractivity contribution in [3.05, 3.63) is 82.3 Å². The lowest BCUT2D eigenvalue weighted by Crippen LogP contribution is -2.23. The Morgan fingerprint density at radius 1 is 0.900 bits per heavy atom. The number of carbonyl (C=O) groups excluding carboxylic acids is 1. The van der Waals surface area contributed by atoms with Crippen LogP contribution < -0.4 is 10.1 Å². The van der Waals surface area contributed by atoms with Crippen LogP contribution in [-0.2, 0) is 10.0 Å². The predicted octanol–water partition coefficient (Wildman–Crippen LogP) is 5.29. The molecule has 0 radical (unpaired) electrons.